The van der Waals surface area contributed by atoms with E-state index >= 15 is 0 Å². The third-order valence-corrected chi connectivity index (χ3v) is 1.02. The zero-order valence-corrected chi connectivity index (χ0v) is 8.20. The predicted molar refractivity (Wildman–Crippen MR) is 48.3 cm³/mol. The highest BCUT2D eigenvalue weighted by Crippen LogP contribution is 1.88. The molecule has 0 rings (SSSR count). The van der Waals surface area contributed by atoms with Crippen LogP contribution in [-0.4, -0.2) is 40.4 Å². The second kappa shape index (κ2) is 7.09. The number of carbonyl (C=O) groups is 1. The molecule has 0 bridgehead atoms. The fourth-order valence-electron chi connectivity index (χ4n) is 0.263. The van der Waals surface area contributed by atoms with Crippen LogP contribution in [-0.2, 0) is 15.2 Å². The Kier molecular flexibility index (Phi) is 8.26. The van der Waals surface area contributed by atoms with E-state index < -0.39 is 22.4 Å². The second-order valence-corrected chi connectivity index (χ2v) is 3.25. The third kappa shape index (κ3) is 24.5. The zero-order valence-electron chi connectivity index (χ0n) is 6.49. The average molecular weight is 233 g/mol. The molecule has 0 aliphatic heterocycles. The van der Waals surface area contributed by atoms with Crippen LogP contribution >= 0.6 is 12.6 Å². The van der Waals surface area contributed by atoms with Crippen LogP contribution in [0.1, 0.15) is 6.42 Å². The summed E-state index contributed by atoms with van der Waals surface area (Å²) in [6.45, 7) is 0. The molecule has 0 saturated carbocycles. The molecule has 0 heterocycles. The summed E-state index contributed by atoms with van der Waals surface area (Å²) in [6.07, 6.45) is 0.429. The molecule has 0 amide bonds. The lowest BCUT2D eigenvalue weighted by atomic mass is 10.2. The Morgan fingerprint density at radius 3 is 1.85 bits per heavy atom. The van der Waals surface area contributed by atoms with Gasteiger partial charge in [-0.25, -0.2) is 0 Å². The van der Waals surface area contributed by atoms with Gasteiger partial charge in [0.25, 0.3) is 0 Å². The smallest absolute Gasteiger partial charge is 0.394 e. The summed E-state index contributed by atoms with van der Waals surface area (Å²) in [5, 5.41) is 8.15. The fraction of sp³-hybridized carbons (Fsp3) is 0.750. The summed E-state index contributed by atoms with van der Waals surface area (Å²) in [7, 11) is -4.67. The van der Waals surface area contributed by atoms with Gasteiger partial charge in [-0.05, 0) is 12.2 Å². The van der Waals surface area contributed by atoms with Crippen molar-refractivity contribution < 1.29 is 27.4 Å². The van der Waals surface area contributed by atoms with E-state index in [1.807, 2.05) is 0 Å². The first-order chi connectivity index (χ1) is 5.68. The first-order valence-corrected chi connectivity index (χ1v) is 5.00. The van der Waals surface area contributed by atoms with Crippen LogP contribution in [0.15, 0.2) is 0 Å². The lowest BCUT2D eigenvalue weighted by Crippen LogP contribution is -2.30. The van der Waals surface area contributed by atoms with Crippen LogP contribution in [0.5, 0.6) is 0 Å². The highest BCUT2D eigenvalue weighted by atomic mass is 32.3. The van der Waals surface area contributed by atoms with Gasteiger partial charge in [-0.1, -0.05) is 0 Å². The van der Waals surface area contributed by atoms with E-state index in [0.29, 0.717) is 12.2 Å². The molecule has 0 aliphatic carbocycles. The van der Waals surface area contributed by atoms with E-state index in [2.05, 4.69) is 12.6 Å². The molecule has 7 nitrogen and oxygen atoms in total. The number of hydrogen-bond acceptors (Lipinski definition) is 5. The summed E-state index contributed by atoms with van der Waals surface area (Å²) in [6, 6.07) is -0.743. The molecule has 5 N–H and O–H groups in total. The van der Waals surface area contributed by atoms with E-state index in [0.717, 1.165) is 0 Å². The minimum atomic E-state index is -4.67. The first kappa shape index (κ1) is 15.1. The molecule has 1 unspecified atom stereocenters. The lowest BCUT2D eigenvalue weighted by molar-refractivity contribution is -0.138. The van der Waals surface area contributed by atoms with Crippen molar-refractivity contribution in [2.24, 2.45) is 5.73 Å². The van der Waals surface area contributed by atoms with Gasteiger partial charge in [-0.2, -0.15) is 21.0 Å². The Labute approximate surface area is 80.9 Å². The van der Waals surface area contributed by atoms with Gasteiger partial charge in [0.2, 0.25) is 0 Å². The molecule has 0 fully saturated rings. The largest absolute Gasteiger partial charge is 0.480 e. The highest BCUT2D eigenvalue weighted by molar-refractivity contribution is 7.80. The van der Waals surface area contributed by atoms with Gasteiger partial charge in [0, 0.05) is 0 Å². The molecule has 0 aromatic carbocycles. The summed E-state index contributed by atoms with van der Waals surface area (Å²) in [4.78, 5) is 9.93. The van der Waals surface area contributed by atoms with E-state index in [9.17, 15) is 4.79 Å². The third-order valence-electron chi connectivity index (χ3n) is 0.757. The van der Waals surface area contributed by atoms with Crippen molar-refractivity contribution in [2.75, 3.05) is 5.75 Å². The van der Waals surface area contributed by atoms with Gasteiger partial charge < -0.3 is 10.8 Å². The van der Waals surface area contributed by atoms with Gasteiger partial charge in [0.05, 0.1) is 0 Å². The van der Waals surface area contributed by atoms with Gasteiger partial charge in [0.1, 0.15) is 6.04 Å². The van der Waals surface area contributed by atoms with Crippen molar-refractivity contribution in [3.05, 3.63) is 0 Å². The SMILES string of the molecule is NC(CCS)C(=O)O.O=S(=O)(O)O. The molecule has 0 aromatic heterocycles. The van der Waals surface area contributed by atoms with Crippen molar-refractivity contribution in [2.45, 2.75) is 12.5 Å². The van der Waals surface area contributed by atoms with Crippen molar-refractivity contribution in [1.82, 2.24) is 0 Å². The lowest BCUT2D eigenvalue weighted by Gasteiger charge is -2.00. The van der Waals surface area contributed by atoms with Crippen LogP contribution in [0.4, 0.5) is 0 Å². The summed E-state index contributed by atoms with van der Waals surface area (Å²) >= 11 is 3.81. The Morgan fingerprint density at radius 1 is 1.46 bits per heavy atom. The molecule has 9 heteroatoms. The number of hydrogen-bond donors (Lipinski definition) is 5. The van der Waals surface area contributed by atoms with E-state index in [-0.39, 0.29) is 0 Å². The van der Waals surface area contributed by atoms with Crippen LogP contribution in [0, 0.1) is 0 Å². The van der Waals surface area contributed by atoms with E-state index in [1.165, 1.54) is 0 Å². The molecule has 0 radical (unpaired) electrons. The van der Waals surface area contributed by atoms with Crippen molar-refractivity contribution in [3.8, 4) is 0 Å². The molecule has 0 aliphatic rings. The average Bonchev–Trinajstić information content (AvgIpc) is 1.84. The van der Waals surface area contributed by atoms with Gasteiger partial charge in [-0.3, -0.25) is 13.9 Å². The number of carboxylic acid groups (broad SMARTS) is 1. The van der Waals surface area contributed by atoms with Crippen LogP contribution in [0.25, 0.3) is 0 Å². The summed E-state index contributed by atoms with van der Waals surface area (Å²) in [5.41, 5.74) is 5.08. The fourth-order valence-corrected chi connectivity index (χ4v) is 0.541. The topological polar surface area (TPSA) is 138 Å². The van der Waals surface area contributed by atoms with E-state index in [1.54, 1.807) is 0 Å². The highest BCUT2D eigenvalue weighted by Gasteiger charge is 2.08. The quantitative estimate of drug-likeness (QED) is 0.313. The van der Waals surface area contributed by atoms with Gasteiger partial charge in [0.15, 0.2) is 0 Å². The maximum absolute atomic E-state index is 9.93. The molecular weight excluding hydrogens is 222 g/mol. The van der Waals surface area contributed by atoms with Gasteiger partial charge >= 0.3 is 16.4 Å². The van der Waals surface area contributed by atoms with Crippen molar-refractivity contribution in [1.29, 1.82) is 0 Å². The monoisotopic (exact) mass is 233 g/mol. The summed E-state index contributed by atoms with van der Waals surface area (Å²) in [5.74, 6) is -0.438. The van der Waals surface area contributed by atoms with Crippen molar-refractivity contribution in [3.63, 3.8) is 0 Å². The van der Waals surface area contributed by atoms with Gasteiger partial charge in [-0.15, -0.1) is 0 Å². The Balaban J connectivity index is 0. The molecule has 0 saturated heterocycles. The number of aliphatic carboxylic acids is 1. The molecule has 80 valence electrons. The number of rotatable bonds is 3. The maximum Gasteiger partial charge on any atom is 0.394 e. The number of nitrogens with two attached hydrogens (primary N) is 1. The Hall–Kier alpha value is -0.350. The zero-order chi connectivity index (χ0) is 11.1. The molecular formula is C4H11NO6S2. The maximum atomic E-state index is 9.93. The molecule has 0 spiro atoms. The minimum Gasteiger partial charge on any atom is -0.480 e. The minimum absolute atomic E-state index is 0.429. The number of thiol groups is 1. The van der Waals surface area contributed by atoms with E-state index in [4.69, 9.17) is 28.4 Å². The summed E-state index contributed by atoms with van der Waals surface area (Å²) < 4.78 is 31.6. The van der Waals surface area contributed by atoms with Crippen LogP contribution in [0.2, 0.25) is 0 Å². The second-order valence-electron chi connectivity index (χ2n) is 1.90. The first-order valence-electron chi connectivity index (χ1n) is 2.97. The Bertz CT molecular complexity index is 229. The normalized spacial score (nSPS) is 12.6. The van der Waals surface area contributed by atoms with Crippen LogP contribution < -0.4 is 5.73 Å². The molecule has 1 atom stereocenters. The van der Waals surface area contributed by atoms with Crippen LogP contribution in [0.3, 0.4) is 0 Å². The molecule has 13 heavy (non-hydrogen) atoms. The van der Waals surface area contributed by atoms with Crippen molar-refractivity contribution >= 4 is 29.0 Å². The Morgan fingerprint density at radius 2 is 1.77 bits per heavy atom. The standard InChI is InChI=1S/C4H9NO2S.H2O4S/c5-3(1-2-8)4(6)7;1-5(2,3)4/h3,8H,1-2,5H2,(H,6,7);(H2,1,2,3,4). The predicted octanol–water partition coefficient (Wildman–Crippen LogP) is -0.935. The molecule has 0 aromatic rings. The number of carboxylic acids is 1.